The molecular weight excluding hydrogens is 372 g/mol. The molecule has 1 aromatic carbocycles. The summed E-state index contributed by atoms with van der Waals surface area (Å²) in [4.78, 5) is 20.8. The molecule has 0 bridgehead atoms. The molecule has 24 heavy (non-hydrogen) atoms. The molecule has 0 fully saturated rings. The summed E-state index contributed by atoms with van der Waals surface area (Å²) in [6.07, 6.45) is 5.84. The van der Waals surface area contributed by atoms with Gasteiger partial charge in [0.05, 0.1) is 6.20 Å². The number of nitrogens with zero attached hydrogens (tertiary/aromatic N) is 2. The van der Waals surface area contributed by atoms with Crippen molar-refractivity contribution in [2.24, 2.45) is 9.98 Å². The number of carbonyl (C=O) groups is 1. The lowest BCUT2D eigenvalue weighted by Crippen LogP contribution is -2.24. The standard InChI is InChI=1S/C18H17BrN2O3/c1-18(2,3)24-17(22)14-5-4-12(19)9-15(14)23-13-8-11-6-7-20-16(11)21-10-13/h4-7,9-10H,8H2,1-3H3. The number of rotatable bonds is 3. The number of ether oxygens (including phenoxy) is 2. The number of carbonyl (C=O) groups excluding carboxylic acids is 1. The van der Waals surface area contributed by atoms with Gasteiger partial charge in [-0.1, -0.05) is 15.9 Å². The van der Waals surface area contributed by atoms with E-state index in [0.717, 1.165) is 10.0 Å². The van der Waals surface area contributed by atoms with Gasteiger partial charge in [-0.15, -0.1) is 0 Å². The molecule has 0 unspecified atom stereocenters. The van der Waals surface area contributed by atoms with Crippen molar-refractivity contribution in [3.63, 3.8) is 0 Å². The zero-order valence-electron chi connectivity index (χ0n) is 13.7. The van der Waals surface area contributed by atoms with Gasteiger partial charge in [0.1, 0.15) is 22.7 Å². The predicted octanol–water partition coefficient (Wildman–Crippen LogP) is 4.44. The smallest absolute Gasteiger partial charge is 0.342 e. The van der Waals surface area contributed by atoms with Crippen molar-refractivity contribution >= 4 is 33.9 Å². The minimum atomic E-state index is -0.573. The summed E-state index contributed by atoms with van der Waals surface area (Å²) in [6, 6.07) is 5.22. The molecule has 1 aromatic rings. The molecule has 0 radical (unpaired) electrons. The highest BCUT2D eigenvalue weighted by atomic mass is 79.9. The van der Waals surface area contributed by atoms with Crippen molar-refractivity contribution in [2.45, 2.75) is 32.8 Å². The minimum absolute atomic E-state index is 0.375. The summed E-state index contributed by atoms with van der Waals surface area (Å²) < 4.78 is 12.2. The van der Waals surface area contributed by atoms with Gasteiger partial charge in [0.15, 0.2) is 5.84 Å². The van der Waals surface area contributed by atoms with Crippen molar-refractivity contribution in [2.75, 3.05) is 0 Å². The van der Waals surface area contributed by atoms with Gasteiger partial charge >= 0.3 is 5.97 Å². The Hall–Kier alpha value is -2.21. The predicted molar refractivity (Wildman–Crippen MR) is 96.6 cm³/mol. The molecule has 0 saturated heterocycles. The first-order valence-electron chi connectivity index (χ1n) is 7.53. The molecule has 2 aliphatic heterocycles. The fourth-order valence-corrected chi connectivity index (χ4v) is 2.60. The highest BCUT2D eigenvalue weighted by Gasteiger charge is 2.23. The van der Waals surface area contributed by atoms with Crippen LogP contribution in [0.4, 0.5) is 0 Å². The van der Waals surface area contributed by atoms with Gasteiger partial charge in [0, 0.05) is 22.7 Å². The monoisotopic (exact) mass is 388 g/mol. The Labute approximate surface area is 148 Å². The highest BCUT2D eigenvalue weighted by Crippen LogP contribution is 2.30. The van der Waals surface area contributed by atoms with E-state index in [0.29, 0.717) is 29.3 Å². The highest BCUT2D eigenvalue weighted by molar-refractivity contribution is 9.10. The van der Waals surface area contributed by atoms with Crippen LogP contribution in [0.25, 0.3) is 0 Å². The van der Waals surface area contributed by atoms with Crippen molar-refractivity contribution in [1.82, 2.24) is 0 Å². The van der Waals surface area contributed by atoms with E-state index in [1.807, 2.05) is 26.8 Å². The molecule has 2 heterocycles. The molecule has 124 valence electrons. The van der Waals surface area contributed by atoms with Crippen LogP contribution >= 0.6 is 15.9 Å². The second-order valence-corrected chi connectivity index (χ2v) is 7.36. The van der Waals surface area contributed by atoms with Crippen LogP contribution in [0.15, 0.2) is 56.3 Å². The number of fused-ring (bicyclic) bond motifs is 1. The Bertz CT molecular complexity index is 814. The molecule has 0 aliphatic carbocycles. The summed E-state index contributed by atoms with van der Waals surface area (Å²) in [5.41, 5.74) is 0.804. The molecule has 0 saturated carbocycles. The lowest BCUT2D eigenvalue weighted by atomic mass is 10.1. The average molecular weight is 389 g/mol. The summed E-state index contributed by atoms with van der Waals surface area (Å²) in [5, 5.41) is 0. The fraction of sp³-hybridized carbons (Fsp3) is 0.278. The number of aliphatic imine (C=N–C) groups is 2. The van der Waals surface area contributed by atoms with Gasteiger partial charge in [0.25, 0.3) is 0 Å². The third kappa shape index (κ3) is 3.82. The maximum atomic E-state index is 12.4. The van der Waals surface area contributed by atoms with E-state index >= 15 is 0 Å². The van der Waals surface area contributed by atoms with Gasteiger partial charge in [-0.3, -0.25) is 0 Å². The molecular formula is C18H17BrN2O3. The normalized spacial score (nSPS) is 16.1. The second-order valence-electron chi connectivity index (χ2n) is 6.44. The van der Waals surface area contributed by atoms with Gasteiger partial charge in [-0.25, -0.2) is 14.8 Å². The van der Waals surface area contributed by atoms with Gasteiger partial charge < -0.3 is 9.47 Å². The van der Waals surface area contributed by atoms with E-state index < -0.39 is 11.6 Å². The molecule has 0 amide bonds. The summed E-state index contributed by atoms with van der Waals surface area (Å²) in [7, 11) is 0. The van der Waals surface area contributed by atoms with E-state index in [9.17, 15) is 4.79 Å². The third-order valence-corrected chi connectivity index (χ3v) is 3.75. The van der Waals surface area contributed by atoms with E-state index in [-0.39, 0.29) is 0 Å². The summed E-state index contributed by atoms with van der Waals surface area (Å²) in [5.74, 6) is 1.37. The first-order valence-corrected chi connectivity index (χ1v) is 8.32. The van der Waals surface area contributed by atoms with Crippen LogP contribution in [0.5, 0.6) is 5.75 Å². The van der Waals surface area contributed by atoms with Gasteiger partial charge in [-0.2, -0.15) is 0 Å². The van der Waals surface area contributed by atoms with E-state index in [1.165, 1.54) is 0 Å². The topological polar surface area (TPSA) is 60.2 Å². The largest absolute Gasteiger partial charge is 0.459 e. The number of benzene rings is 1. The van der Waals surface area contributed by atoms with E-state index in [2.05, 4.69) is 25.9 Å². The molecule has 2 aliphatic rings. The van der Waals surface area contributed by atoms with Crippen LogP contribution in [-0.4, -0.2) is 23.6 Å². The van der Waals surface area contributed by atoms with E-state index in [4.69, 9.17) is 9.47 Å². The van der Waals surface area contributed by atoms with Gasteiger partial charge in [-0.05, 0) is 45.0 Å². The van der Waals surface area contributed by atoms with Crippen molar-refractivity contribution in [3.05, 3.63) is 51.8 Å². The zero-order chi connectivity index (χ0) is 17.3. The van der Waals surface area contributed by atoms with Crippen LogP contribution in [0.3, 0.4) is 0 Å². The van der Waals surface area contributed by atoms with Crippen LogP contribution in [0.1, 0.15) is 37.6 Å². The second kappa shape index (κ2) is 6.36. The van der Waals surface area contributed by atoms with Crippen LogP contribution < -0.4 is 4.74 Å². The molecule has 5 nitrogen and oxygen atoms in total. The van der Waals surface area contributed by atoms with Crippen molar-refractivity contribution in [3.8, 4) is 5.75 Å². The maximum Gasteiger partial charge on any atom is 0.342 e. The van der Waals surface area contributed by atoms with Gasteiger partial charge in [0.2, 0.25) is 0 Å². The lowest BCUT2D eigenvalue weighted by molar-refractivity contribution is 0.00668. The Kier molecular flexibility index (Phi) is 4.41. The lowest BCUT2D eigenvalue weighted by Gasteiger charge is -2.21. The molecule has 0 atom stereocenters. The molecule has 0 aromatic heterocycles. The van der Waals surface area contributed by atoms with Crippen molar-refractivity contribution < 1.29 is 14.3 Å². The fourth-order valence-electron chi connectivity index (χ4n) is 2.26. The third-order valence-electron chi connectivity index (χ3n) is 3.26. The average Bonchev–Trinajstić information content (AvgIpc) is 2.93. The number of esters is 1. The number of amidine groups is 1. The molecule has 3 rings (SSSR count). The summed E-state index contributed by atoms with van der Waals surface area (Å²) in [6.45, 7) is 5.49. The Morgan fingerprint density at radius 1 is 1.29 bits per heavy atom. The number of hydrogen-bond donors (Lipinski definition) is 0. The van der Waals surface area contributed by atoms with Crippen molar-refractivity contribution in [1.29, 1.82) is 0 Å². The minimum Gasteiger partial charge on any atom is -0.459 e. The first kappa shape index (κ1) is 16.6. The molecule has 0 spiro atoms. The summed E-state index contributed by atoms with van der Waals surface area (Å²) >= 11 is 3.41. The number of halogens is 1. The Balaban J connectivity index is 1.85. The van der Waals surface area contributed by atoms with Crippen LogP contribution in [0.2, 0.25) is 0 Å². The Morgan fingerprint density at radius 3 is 2.83 bits per heavy atom. The van der Waals surface area contributed by atoms with Crippen LogP contribution in [0, 0.1) is 0 Å². The quantitative estimate of drug-likeness (QED) is 0.719. The number of hydrogen-bond acceptors (Lipinski definition) is 5. The Morgan fingerprint density at radius 2 is 2.08 bits per heavy atom. The van der Waals surface area contributed by atoms with E-state index in [1.54, 1.807) is 30.6 Å². The number of allylic oxidation sites excluding steroid dienone is 2. The molecule has 0 N–H and O–H groups in total. The SMILES string of the molecule is CC(C)(C)OC(=O)c1ccc(Br)cc1OC1=CN=C2N=CC=C2C1. The first-order chi connectivity index (χ1) is 11.3. The zero-order valence-corrected chi connectivity index (χ0v) is 15.3. The van der Waals surface area contributed by atoms with Crippen LogP contribution in [-0.2, 0) is 4.74 Å². The molecule has 6 heteroatoms. The maximum absolute atomic E-state index is 12.4.